The Morgan fingerprint density at radius 1 is 1.28 bits per heavy atom. The molecule has 1 heterocycles. The molecule has 2 aromatic rings. The molecule has 0 atom stereocenters. The maximum absolute atomic E-state index is 12.9. The van der Waals surface area contributed by atoms with Crippen LogP contribution >= 0.6 is 11.3 Å². The summed E-state index contributed by atoms with van der Waals surface area (Å²) >= 11 is 1.62. The molecule has 1 amide bonds. The Morgan fingerprint density at radius 2 is 2.06 bits per heavy atom. The molecule has 0 bridgehead atoms. The van der Waals surface area contributed by atoms with Crippen LogP contribution in [0.2, 0.25) is 0 Å². The average molecular weight is 263 g/mol. The normalized spacial score (nSPS) is 10.4. The van der Waals surface area contributed by atoms with Crippen LogP contribution < -0.4 is 5.32 Å². The summed E-state index contributed by atoms with van der Waals surface area (Å²) in [7, 11) is 0. The third-order valence-electron chi connectivity index (χ3n) is 2.81. The van der Waals surface area contributed by atoms with E-state index in [1.54, 1.807) is 18.3 Å². The van der Waals surface area contributed by atoms with E-state index >= 15 is 0 Å². The summed E-state index contributed by atoms with van der Waals surface area (Å²) in [6.07, 6.45) is 0. The Labute approximate surface area is 109 Å². The van der Waals surface area contributed by atoms with Crippen LogP contribution in [0, 0.1) is 19.7 Å². The van der Waals surface area contributed by atoms with E-state index in [4.69, 9.17) is 0 Å². The van der Waals surface area contributed by atoms with Gasteiger partial charge < -0.3 is 5.32 Å². The highest BCUT2D eigenvalue weighted by Gasteiger charge is 2.10. The molecule has 0 aliphatic carbocycles. The minimum absolute atomic E-state index is 0.166. The van der Waals surface area contributed by atoms with Crippen molar-refractivity contribution in [3.05, 3.63) is 57.0 Å². The minimum atomic E-state index is -0.321. The quantitative estimate of drug-likeness (QED) is 0.903. The smallest absolute Gasteiger partial charge is 0.251 e. The summed E-state index contributed by atoms with van der Waals surface area (Å²) in [6.45, 7) is 4.26. The SMILES string of the molecule is Cc1cc(F)ccc1C(=O)NCc1sccc1C. The third-order valence-corrected chi connectivity index (χ3v) is 3.83. The highest BCUT2D eigenvalue weighted by atomic mass is 32.1. The molecule has 0 radical (unpaired) electrons. The van der Waals surface area contributed by atoms with Gasteiger partial charge in [0.2, 0.25) is 0 Å². The van der Waals surface area contributed by atoms with E-state index in [2.05, 4.69) is 5.32 Å². The average Bonchev–Trinajstić information content (AvgIpc) is 2.72. The van der Waals surface area contributed by atoms with Crippen molar-refractivity contribution in [2.75, 3.05) is 0 Å². The zero-order valence-electron chi connectivity index (χ0n) is 10.3. The summed E-state index contributed by atoms with van der Waals surface area (Å²) in [5, 5.41) is 4.85. The third kappa shape index (κ3) is 2.76. The van der Waals surface area contributed by atoms with Gasteiger partial charge in [0, 0.05) is 10.4 Å². The molecular weight excluding hydrogens is 249 g/mol. The van der Waals surface area contributed by atoms with Gasteiger partial charge in [-0.3, -0.25) is 4.79 Å². The van der Waals surface area contributed by atoms with Crippen molar-refractivity contribution in [1.82, 2.24) is 5.32 Å². The maximum atomic E-state index is 12.9. The van der Waals surface area contributed by atoms with Crippen molar-refractivity contribution in [2.24, 2.45) is 0 Å². The molecule has 0 spiro atoms. The van der Waals surface area contributed by atoms with Gasteiger partial charge in [0.05, 0.1) is 6.54 Å². The molecule has 0 saturated carbocycles. The van der Waals surface area contributed by atoms with Crippen LogP contribution in [0.5, 0.6) is 0 Å². The van der Waals surface area contributed by atoms with Gasteiger partial charge in [-0.05, 0) is 54.6 Å². The number of hydrogen-bond acceptors (Lipinski definition) is 2. The molecule has 0 unspecified atom stereocenters. The Kier molecular flexibility index (Phi) is 3.77. The van der Waals surface area contributed by atoms with E-state index in [0.29, 0.717) is 17.7 Å². The van der Waals surface area contributed by atoms with E-state index in [1.165, 1.54) is 23.8 Å². The molecule has 0 fully saturated rings. The first kappa shape index (κ1) is 12.8. The first-order chi connectivity index (χ1) is 8.58. The van der Waals surface area contributed by atoms with Gasteiger partial charge in [-0.1, -0.05) is 0 Å². The first-order valence-electron chi connectivity index (χ1n) is 5.65. The van der Waals surface area contributed by atoms with Gasteiger partial charge in [-0.15, -0.1) is 11.3 Å². The zero-order chi connectivity index (χ0) is 13.1. The van der Waals surface area contributed by atoms with Crippen LogP contribution in [0.1, 0.15) is 26.4 Å². The highest BCUT2D eigenvalue weighted by Crippen LogP contribution is 2.15. The van der Waals surface area contributed by atoms with Crippen LogP contribution in [-0.4, -0.2) is 5.91 Å². The second kappa shape index (κ2) is 5.31. The number of halogens is 1. The zero-order valence-corrected chi connectivity index (χ0v) is 11.1. The molecule has 1 aromatic heterocycles. The number of thiophene rings is 1. The van der Waals surface area contributed by atoms with Crippen molar-refractivity contribution in [1.29, 1.82) is 0 Å². The molecule has 0 aliphatic heterocycles. The molecule has 0 aliphatic rings. The fourth-order valence-corrected chi connectivity index (χ4v) is 2.57. The van der Waals surface area contributed by atoms with Crippen LogP contribution in [-0.2, 0) is 6.54 Å². The molecule has 2 nitrogen and oxygen atoms in total. The number of nitrogens with one attached hydrogen (secondary N) is 1. The topological polar surface area (TPSA) is 29.1 Å². The molecule has 2 rings (SSSR count). The van der Waals surface area contributed by atoms with Crippen LogP contribution in [0.3, 0.4) is 0 Å². The van der Waals surface area contributed by atoms with Crippen LogP contribution in [0.25, 0.3) is 0 Å². The lowest BCUT2D eigenvalue weighted by molar-refractivity contribution is 0.0950. The molecule has 0 saturated heterocycles. The van der Waals surface area contributed by atoms with Gasteiger partial charge >= 0.3 is 0 Å². The number of rotatable bonds is 3. The van der Waals surface area contributed by atoms with Gasteiger partial charge in [0.15, 0.2) is 0 Å². The summed E-state index contributed by atoms with van der Waals surface area (Å²) in [5.74, 6) is -0.488. The number of hydrogen-bond donors (Lipinski definition) is 1. The maximum Gasteiger partial charge on any atom is 0.251 e. The number of aryl methyl sites for hydroxylation is 2. The van der Waals surface area contributed by atoms with Crippen molar-refractivity contribution < 1.29 is 9.18 Å². The lowest BCUT2D eigenvalue weighted by Gasteiger charge is -2.07. The molecule has 1 N–H and O–H groups in total. The van der Waals surface area contributed by atoms with Crippen molar-refractivity contribution in [3.63, 3.8) is 0 Å². The Morgan fingerprint density at radius 3 is 2.67 bits per heavy atom. The number of carbonyl (C=O) groups is 1. The lowest BCUT2D eigenvalue weighted by atomic mass is 10.1. The molecule has 18 heavy (non-hydrogen) atoms. The molecule has 94 valence electrons. The fourth-order valence-electron chi connectivity index (χ4n) is 1.72. The second-order valence-electron chi connectivity index (χ2n) is 4.17. The second-order valence-corrected chi connectivity index (χ2v) is 5.17. The monoisotopic (exact) mass is 263 g/mol. The number of carbonyl (C=O) groups excluding carboxylic acids is 1. The summed E-state index contributed by atoms with van der Waals surface area (Å²) in [6, 6.07) is 6.21. The van der Waals surface area contributed by atoms with E-state index in [9.17, 15) is 9.18 Å². The highest BCUT2D eigenvalue weighted by molar-refractivity contribution is 7.10. The summed E-state index contributed by atoms with van der Waals surface area (Å²) in [5.41, 5.74) is 2.34. The summed E-state index contributed by atoms with van der Waals surface area (Å²) < 4.78 is 12.9. The predicted molar refractivity (Wildman–Crippen MR) is 71.4 cm³/mol. The lowest BCUT2D eigenvalue weighted by Crippen LogP contribution is -2.23. The Bertz CT molecular complexity index is 577. The summed E-state index contributed by atoms with van der Waals surface area (Å²) in [4.78, 5) is 13.1. The molecular formula is C14H14FNOS. The van der Waals surface area contributed by atoms with Crippen LogP contribution in [0.15, 0.2) is 29.6 Å². The van der Waals surface area contributed by atoms with Gasteiger partial charge in [0.1, 0.15) is 5.82 Å². The largest absolute Gasteiger partial charge is 0.347 e. The molecule has 4 heteroatoms. The predicted octanol–water partition coefficient (Wildman–Crippen LogP) is 3.43. The first-order valence-corrected chi connectivity index (χ1v) is 6.53. The number of benzene rings is 1. The van der Waals surface area contributed by atoms with E-state index in [0.717, 1.165) is 4.88 Å². The van der Waals surface area contributed by atoms with Crippen molar-refractivity contribution in [2.45, 2.75) is 20.4 Å². The standard InChI is InChI=1S/C14H14FNOS/c1-9-5-6-18-13(9)8-16-14(17)12-4-3-11(15)7-10(12)2/h3-7H,8H2,1-2H3,(H,16,17). The van der Waals surface area contributed by atoms with Gasteiger partial charge in [-0.25, -0.2) is 4.39 Å². The molecule has 1 aromatic carbocycles. The minimum Gasteiger partial charge on any atom is -0.347 e. The van der Waals surface area contributed by atoms with Crippen molar-refractivity contribution in [3.8, 4) is 0 Å². The van der Waals surface area contributed by atoms with E-state index in [1.807, 2.05) is 18.4 Å². The van der Waals surface area contributed by atoms with E-state index < -0.39 is 0 Å². The van der Waals surface area contributed by atoms with Crippen LogP contribution in [0.4, 0.5) is 4.39 Å². The number of amides is 1. The Balaban J connectivity index is 2.06. The van der Waals surface area contributed by atoms with Gasteiger partial charge in [0.25, 0.3) is 5.91 Å². The van der Waals surface area contributed by atoms with Crippen molar-refractivity contribution >= 4 is 17.2 Å². The fraction of sp³-hybridized carbons (Fsp3) is 0.214. The van der Waals surface area contributed by atoms with Gasteiger partial charge in [-0.2, -0.15) is 0 Å². The Hall–Kier alpha value is -1.68. The van der Waals surface area contributed by atoms with E-state index in [-0.39, 0.29) is 11.7 Å².